The first kappa shape index (κ1) is 7.03. The van der Waals surface area contributed by atoms with Crippen LogP contribution in [0.2, 0.25) is 0 Å². The van der Waals surface area contributed by atoms with Gasteiger partial charge >= 0.3 is 0 Å². The Morgan fingerprint density at radius 3 is 1.56 bits per heavy atom. The third-order valence-electron chi connectivity index (χ3n) is 2.81. The van der Waals surface area contributed by atoms with Crippen LogP contribution in [0.4, 0.5) is 0 Å². The van der Waals surface area contributed by atoms with E-state index in [1.165, 1.54) is 0 Å². The maximum Gasteiger partial charge on any atom is 0.0491 e. The monoisotopic (exact) mass is 130 g/mol. The van der Waals surface area contributed by atoms with Gasteiger partial charge in [-0.2, -0.15) is 0 Å². The minimum Gasteiger partial charge on any atom is -0.396 e. The van der Waals surface area contributed by atoms with Gasteiger partial charge in [0.05, 0.1) is 0 Å². The topological polar surface area (TPSA) is 40.5 Å². The molecule has 2 atom stereocenters. The van der Waals surface area contributed by atoms with E-state index < -0.39 is 0 Å². The first-order chi connectivity index (χ1) is 4.08. The summed E-state index contributed by atoms with van der Waals surface area (Å²) >= 11 is 0. The summed E-state index contributed by atoms with van der Waals surface area (Å²) < 4.78 is 0. The third-order valence-corrected chi connectivity index (χ3v) is 2.81. The lowest BCUT2D eigenvalue weighted by Gasteiger charge is -2.12. The quantitative estimate of drug-likeness (QED) is 0.567. The largest absolute Gasteiger partial charge is 0.396 e. The fourth-order valence-corrected chi connectivity index (χ4v) is 1.31. The smallest absolute Gasteiger partial charge is 0.0491 e. The van der Waals surface area contributed by atoms with Crippen molar-refractivity contribution in [1.82, 2.24) is 0 Å². The molecule has 1 rings (SSSR count). The molecule has 2 N–H and O–H groups in total. The van der Waals surface area contributed by atoms with Crippen molar-refractivity contribution in [2.45, 2.75) is 20.3 Å². The molecular formula is C7H14O2. The van der Waals surface area contributed by atoms with Gasteiger partial charge in [-0.05, 0) is 17.3 Å². The summed E-state index contributed by atoms with van der Waals surface area (Å²) in [6.45, 7) is 4.40. The fourth-order valence-electron chi connectivity index (χ4n) is 1.31. The number of aliphatic hydroxyl groups is 2. The van der Waals surface area contributed by atoms with Gasteiger partial charge in [-0.3, -0.25) is 0 Å². The fraction of sp³-hybridized carbons (Fsp3) is 1.00. The van der Waals surface area contributed by atoms with Crippen LogP contribution in [0.3, 0.4) is 0 Å². The second-order valence-electron chi connectivity index (χ2n) is 3.61. The molecule has 0 aromatic heterocycles. The van der Waals surface area contributed by atoms with Crippen molar-refractivity contribution < 1.29 is 10.2 Å². The molecule has 1 fully saturated rings. The predicted molar refractivity (Wildman–Crippen MR) is 35.0 cm³/mol. The molecule has 0 radical (unpaired) electrons. The third kappa shape index (κ3) is 0.775. The van der Waals surface area contributed by atoms with E-state index in [4.69, 9.17) is 10.2 Å². The number of rotatable bonds is 2. The minimum absolute atomic E-state index is 0.00174. The number of hydrogen-bond acceptors (Lipinski definition) is 2. The molecule has 0 bridgehead atoms. The second kappa shape index (κ2) is 1.70. The Balaban J connectivity index is 2.54. The highest BCUT2D eigenvalue weighted by Gasteiger charge is 2.59. The molecule has 0 spiro atoms. The highest BCUT2D eigenvalue weighted by Crippen LogP contribution is 2.62. The van der Waals surface area contributed by atoms with Crippen LogP contribution < -0.4 is 0 Å². The first-order valence-electron chi connectivity index (χ1n) is 3.30. The van der Waals surface area contributed by atoms with Crippen molar-refractivity contribution in [1.29, 1.82) is 0 Å². The average molecular weight is 130 g/mol. The van der Waals surface area contributed by atoms with Gasteiger partial charge in [-0.15, -0.1) is 0 Å². The van der Waals surface area contributed by atoms with Crippen molar-refractivity contribution in [3.05, 3.63) is 0 Å². The summed E-state index contributed by atoms with van der Waals surface area (Å²) in [6, 6.07) is 0. The zero-order valence-corrected chi connectivity index (χ0v) is 6.02. The maximum atomic E-state index is 8.82. The van der Waals surface area contributed by atoms with Gasteiger partial charge in [-0.1, -0.05) is 13.8 Å². The Morgan fingerprint density at radius 2 is 1.44 bits per heavy atom. The van der Waals surface area contributed by atoms with Crippen LogP contribution in [0.5, 0.6) is 0 Å². The van der Waals surface area contributed by atoms with Gasteiger partial charge in [-0.25, -0.2) is 0 Å². The van der Waals surface area contributed by atoms with E-state index in [1.807, 2.05) is 13.8 Å². The van der Waals surface area contributed by atoms with Gasteiger partial charge in [0.15, 0.2) is 0 Å². The minimum atomic E-state index is 0.00174. The van der Waals surface area contributed by atoms with Crippen molar-refractivity contribution in [3.63, 3.8) is 0 Å². The summed E-state index contributed by atoms with van der Waals surface area (Å²) in [5, 5.41) is 17.6. The predicted octanol–water partition coefficient (Wildman–Crippen LogP) is 0.387. The van der Waals surface area contributed by atoms with Crippen molar-refractivity contribution in [2.24, 2.45) is 10.8 Å². The molecule has 2 unspecified atom stereocenters. The van der Waals surface area contributed by atoms with Gasteiger partial charge in [0.25, 0.3) is 0 Å². The standard InChI is InChI=1S/C7H14O2/c1-6(4-8)3-7(6,2)5-9/h8-9H,3-5H2,1-2H3. The molecule has 1 aliphatic carbocycles. The van der Waals surface area contributed by atoms with E-state index in [1.54, 1.807) is 0 Å². The van der Waals surface area contributed by atoms with Gasteiger partial charge in [0.1, 0.15) is 0 Å². The molecule has 9 heavy (non-hydrogen) atoms. The highest BCUT2D eigenvalue weighted by atomic mass is 16.3. The lowest BCUT2D eigenvalue weighted by atomic mass is 9.98. The molecule has 0 amide bonds. The molecule has 0 saturated heterocycles. The number of aliphatic hydroxyl groups excluding tert-OH is 2. The Kier molecular flexibility index (Phi) is 1.33. The van der Waals surface area contributed by atoms with Crippen LogP contribution in [0.25, 0.3) is 0 Å². The Morgan fingerprint density at radius 1 is 1.11 bits per heavy atom. The molecule has 1 aliphatic rings. The first-order valence-corrected chi connectivity index (χ1v) is 3.30. The summed E-state index contributed by atoms with van der Waals surface area (Å²) in [7, 11) is 0. The van der Waals surface area contributed by atoms with Crippen molar-refractivity contribution >= 4 is 0 Å². The summed E-state index contributed by atoms with van der Waals surface area (Å²) in [5.41, 5.74) is 0.00347. The Bertz CT molecular complexity index is 110. The highest BCUT2D eigenvalue weighted by molar-refractivity contribution is 5.08. The van der Waals surface area contributed by atoms with Crippen LogP contribution >= 0.6 is 0 Å². The van der Waals surface area contributed by atoms with Crippen LogP contribution in [0.15, 0.2) is 0 Å². The van der Waals surface area contributed by atoms with Crippen LogP contribution in [0.1, 0.15) is 20.3 Å². The number of hydrogen-bond donors (Lipinski definition) is 2. The van der Waals surface area contributed by atoms with Gasteiger partial charge < -0.3 is 10.2 Å². The Hall–Kier alpha value is -0.0800. The Labute approximate surface area is 55.5 Å². The molecule has 0 aromatic carbocycles. The molecule has 0 heterocycles. The molecule has 2 heteroatoms. The summed E-state index contributed by atoms with van der Waals surface area (Å²) in [4.78, 5) is 0. The van der Waals surface area contributed by atoms with Crippen molar-refractivity contribution in [2.75, 3.05) is 13.2 Å². The lowest BCUT2D eigenvalue weighted by Crippen LogP contribution is -2.15. The van der Waals surface area contributed by atoms with Gasteiger partial charge in [0.2, 0.25) is 0 Å². The molecular weight excluding hydrogens is 116 g/mol. The summed E-state index contributed by atoms with van der Waals surface area (Å²) in [6.07, 6.45) is 0.951. The van der Waals surface area contributed by atoms with Crippen LogP contribution in [0, 0.1) is 10.8 Å². The van der Waals surface area contributed by atoms with E-state index in [2.05, 4.69) is 0 Å². The molecule has 0 aliphatic heterocycles. The van der Waals surface area contributed by atoms with E-state index in [0.29, 0.717) is 0 Å². The normalized spacial score (nSPS) is 49.3. The van der Waals surface area contributed by atoms with E-state index in [-0.39, 0.29) is 24.0 Å². The zero-order chi connectivity index (χ0) is 7.12. The average Bonchev–Trinajstić information content (AvgIpc) is 2.39. The second-order valence-corrected chi connectivity index (χ2v) is 3.61. The lowest BCUT2D eigenvalue weighted by molar-refractivity contribution is 0.141. The van der Waals surface area contributed by atoms with Crippen molar-refractivity contribution in [3.8, 4) is 0 Å². The zero-order valence-electron chi connectivity index (χ0n) is 6.02. The molecule has 0 aromatic rings. The molecule has 54 valence electrons. The van der Waals surface area contributed by atoms with Crippen LogP contribution in [-0.2, 0) is 0 Å². The maximum absolute atomic E-state index is 8.82. The van der Waals surface area contributed by atoms with E-state index in [0.717, 1.165) is 6.42 Å². The molecule has 2 nitrogen and oxygen atoms in total. The van der Waals surface area contributed by atoms with Gasteiger partial charge in [0, 0.05) is 13.2 Å². The summed E-state index contributed by atoms with van der Waals surface area (Å²) in [5.74, 6) is 0. The van der Waals surface area contributed by atoms with Crippen LogP contribution in [-0.4, -0.2) is 23.4 Å². The molecule has 1 saturated carbocycles. The SMILES string of the molecule is CC1(CO)CC1(C)CO. The van der Waals surface area contributed by atoms with E-state index in [9.17, 15) is 0 Å². The van der Waals surface area contributed by atoms with E-state index >= 15 is 0 Å².